The van der Waals surface area contributed by atoms with Crippen molar-refractivity contribution in [1.29, 1.82) is 0 Å². The van der Waals surface area contributed by atoms with E-state index < -0.39 is 0 Å². The molecule has 0 spiro atoms. The predicted molar refractivity (Wildman–Crippen MR) is 45.2 cm³/mol. The standard InChI is InChI=1S/C8H9BrO/c9-6-8(10)7-4-2-1-3-5-7/h1-5,8,10H,6H2. The molecule has 0 bridgehead atoms. The second-order valence-electron chi connectivity index (χ2n) is 2.08. The lowest BCUT2D eigenvalue weighted by Crippen LogP contribution is -1.96. The molecule has 1 atom stereocenters. The third-order valence-electron chi connectivity index (χ3n) is 1.33. The van der Waals surface area contributed by atoms with Gasteiger partial charge < -0.3 is 5.11 Å². The van der Waals surface area contributed by atoms with E-state index in [9.17, 15) is 5.11 Å². The minimum absolute atomic E-state index is 0.374. The minimum Gasteiger partial charge on any atom is -0.388 e. The lowest BCUT2D eigenvalue weighted by molar-refractivity contribution is 0.205. The van der Waals surface area contributed by atoms with Crippen LogP contribution in [-0.2, 0) is 0 Å². The van der Waals surface area contributed by atoms with Crippen molar-refractivity contribution in [2.24, 2.45) is 0 Å². The summed E-state index contributed by atoms with van der Waals surface area (Å²) in [5, 5.41) is 9.88. The van der Waals surface area contributed by atoms with E-state index in [0.29, 0.717) is 5.33 Å². The van der Waals surface area contributed by atoms with E-state index in [1.807, 2.05) is 30.3 Å². The van der Waals surface area contributed by atoms with E-state index in [4.69, 9.17) is 0 Å². The molecule has 1 aromatic carbocycles. The molecule has 0 amide bonds. The summed E-state index contributed by atoms with van der Waals surface area (Å²) in [7, 11) is 0. The smallest absolute Gasteiger partial charge is 0.0886 e. The number of aliphatic hydroxyl groups excluding tert-OH is 1. The zero-order chi connectivity index (χ0) is 7.40. The van der Waals surface area contributed by atoms with Gasteiger partial charge in [0.15, 0.2) is 0 Å². The summed E-state index contributed by atoms with van der Waals surface area (Å²) in [6, 6.07) is 9.59. The quantitative estimate of drug-likeness (QED) is 0.726. The highest BCUT2D eigenvalue weighted by Crippen LogP contribution is 2.13. The first-order valence-corrected chi connectivity index (χ1v) is 4.25. The third kappa shape index (κ3) is 1.82. The monoisotopic (exact) mass is 200 g/mol. The Morgan fingerprint density at radius 2 is 1.90 bits per heavy atom. The van der Waals surface area contributed by atoms with Gasteiger partial charge in [-0.25, -0.2) is 0 Å². The number of aliphatic hydroxyl groups is 1. The first kappa shape index (κ1) is 7.76. The second kappa shape index (κ2) is 3.74. The van der Waals surface area contributed by atoms with Crippen molar-refractivity contribution in [2.45, 2.75) is 6.10 Å². The summed E-state index contributed by atoms with van der Waals surface area (Å²) in [6.07, 6.45) is -0.374. The summed E-state index contributed by atoms with van der Waals surface area (Å²) < 4.78 is 0. The van der Waals surface area contributed by atoms with Gasteiger partial charge in [0.2, 0.25) is 0 Å². The largest absolute Gasteiger partial charge is 0.388 e. The van der Waals surface area contributed by atoms with Crippen LogP contribution in [0.25, 0.3) is 0 Å². The van der Waals surface area contributed by atoms with E-state index in [2.05, 4.69) is 15.9 Å². The number of benzene rings is 1. The fourth-order valence-corrected chi connectivity index (χ4v) is 1.14. The molecule has 1 rings (SSSR count). The molecule has 0 aliphatic heterocycles. The van der Waals surface area contributed by atoms with E-state index in [1.165, 1.54) is 0 Å². The van der Waals surface area contributed by atoms with Crippen molar-refractivity contribution in [2.75, 3.05) is 5.33 Å². The van der Waals surface area contributed by atoms with E-state index in [-0.39, 0.29) is 6.10 Å². The summed E-state index contributed by atoms with van der Waals surface area (Å²) in [6.45, 7) is 0. The van der Waals surface area contributed by atoms with Gasteiger partial charge >= 0.3 is 0 Å². The third-order valence-corrected chi connectivity index (χ3v) is 1.94. The zero-order valence-electron chi connectivity index (χ0n) is 5.50. The maximum atomic E-state index is 9.28. The molecule has 10 heavy (non-hydrogen) atoms. The van der Waals surface area contributed by atoms with Crippen molar-refractivity contribution >= 4 is 15.9 Å². The van der Waals surface area contributed by atoms with Crippen LogP contribution in [0.4, 0.5) is 0 Å². The molecule has 0 saturated carbocycles. The molecule has 1 aromatic rings. The highest BCUT2D eigenvalue weighted by molar-refractivity contribution is 9.09. The molecule has 0 aromatic heterocycles. The summed E-state index contributed by atoms with van der Waals surface area (Å²) in [5.41, 5.74) is 0.958. The topological polar surface area (TPSA) is 20.2 Å². The van der Waals surface area contributed by atoms with Crippen LogP contribution in [-0.4, -0.2) is 10.4 Å². The SMILES string of the molecule is OC(CBr)c1ccccc1. The molecule has 0 aliphatic carbocycles. The summed E-state index contributed by atoms with van der Waals surface area (Å²) in [4.78, 5) is 0. The Balaban J connectivity index is 2.75. The molecule has 1 unspecified atom stereocenters. The molecule has 2 heteroatoms. The van der Waals surface area contributed by atoms with Gasteiger partial charge in [-0.15, -0.1) is 0 Å². The first-order chi connectivity index (χ1) is 4.84. The Morgan fingerprint density at radius 3 is 2.40 bits per heavy atom. The molecule has 1 nitrogen and oxygen atoms in total. The van der Waals surface area contributed by atoms with Gasteiger partial charge in [-0.3, -0.25) is 0 Å². The van der Waals surface area contributed by atoms with Crippen LogP contribution >= 0.6 is 15.9 Å². The van der Waals surface area contributed by atoms with E-state index >= 15 is 0 Å². The summed E-state index contributed by atoms with van der Waals surface area (Å²) in [5.74, 6) is 0. The van der Waals surface area contributed by atoms with Crippen LogP contribution in [0.5, 0.6) is 0 Å². The van der Waals surface area contributed by atoms with Crippen LogP contribution in [0.15, 0.2) is 30.3 Å². The minimum atomic E-state index is -0.374. The fraction of sp³-hybridized carbons (Fsp3) is 0.250. The number of halogens is 1. The van der Waals surface area contributed by atoms with Gasteiger partial charge in [-0.2, -0.15) is 0 Å². The van der Waals surface area contributed by atoms with Crippen LogP contribution in [0.1, 0.15) is 11.7 Å². The van der Waals surface area contributed by atoms with Crippen molar-refractivity contribution in [1.82, 2.24) is 0 Å². The molecule has 0 aliphatic rings. The second-order valence-corrected chi connectivity index (χ2v) is 2.73. The Labute approximate surface area is 68.8 Å². The lowest BCUT2D eigenvalue weighted by atomic mass is 10.1. The average molecular weight is 201 g/mol. The highest BCUT2D eigenvalue weighted by Gasteiger charge is 2.01. The van der Waals surface area contributed by atoms with Gasteiger partial charge in [0.05, 0.1) is 6.10 Å². The van der Waals surface area contributed by atoms with Crippen LogP contribution in [0.2, 0.25) is 0 Å². The number of hydrogen-bond donors (Lipinski definition) is 1. The van der Waals surface area contributed by atoms with Crippen LogP contribution < -0.4 is 0 Å². The van der Waals surface area contributed by atoms with Crippen molar-refractivity contribution < 1.29 is 5.11 Å². The summed E-state index contributed by atoms with van der Waals surface area (Å²) >= 11 is 3.20. The highest BCUT2D eigenvalue weighted by atomic mass is 79.9. The Bertz CT molecular complexity index is 186. The lowest BCUT2D eigenvalue weighted by Gasteiger charge is -2.04. The maximum Gasteiger partial charge on any atom is 0.0886 e. The van der Waals surface area contributed by atoms with Gasteiger partial charge in [-0.1, -0.05) is 46.3 Å². The Kier molecular flexibility index (Phi) is 2.90. The number of alkyl halides is 1. The van der Waals surface area contributed by atoms with Gasteiger partial charge in [0, 0.05) is 5.33 Å². The van der Waals surface area contributed by atoms with Gasteiger partial charge in [-0.05, 0) is 5.56 Å². The number of hydrogen-bond acceptors (Lipinski definition) is 1. The normalized spacial score (nSPS) is 13.0. The van der Waals surface area contributed by atoms with Crippen molar-refractivity contribution in [3.63, 3.8) is 0 Å². The molecular weight excluding hydrogens is 192 g/mol. The Morgan fingerprint density at radius 1 is 1.30 bits per heavy atom. The molecule has 1 N–H and O–H groups in total. The fourth-order valence-electron chi connectivity index (χ4n) is 0.764. The average Bonchev–Trinajstić information content (AvgIpc) is 2.05. The molecule has 0 radical (unpaired) electrons. The molecule has 0 fully saturated rings. The molecule has 0 saturated heterocycles. The van der Waals surface area contributed by atoms with E-state index in [1.54, 1.807) is 0 Å². The predicted octanol–water partition coefficient (Wildman–Crippen LogP) is 2.11. The maximum absolute atomic E-state index is 9.28. The van der Waals surface area contributed by atoms with Gasteiger partial charge in [0.1, 0.15) is 0 Å². The van der Waals surface area contributed by atoms with E-state index in [0.717, 1.165) is 5.56 Å². The molecule has 0 heterocycles. The van der Waals surface area contributed by atoms with Crippen LogP contribution in [0.3, 0.4) is 0 Å². The first-order valence-electron chi connectivity index (χ1n) is 3.13. The van der Waals surface area contributed by atoms with Crippen molar-refractivity contribution in [3.8, 4) is 0 Å². The van der Waals surface area contributed by atoms with Crippen LogP contribution in [0, 0.1) is 0 Å². The zero-order valence-corrected chi connectivity index (χ0v) is 7.08. The van der Waals surface area contributed by atoms with Gasteiger partial charge in [0.25, 0.3) is 0 Å². The van der Waals surface area contributed by atoms with Crippen molar-refractivity contribution in [3.05, 3.63) is 35.9 Å². The molecule has 54 valence electrons. The Hall–Kier alpha value is -0.340. The number of rotatable bonds is 2. The molecular formula is C8H9BrO.